The Morgan fingerprint density at radius 2 is 1.40 bits per heavy atom. The first-order chi connectivity index (χ1) is 19.0. The largest absolute Gasteiger partial charge is 0.394 e. The van der Waals surface area contributed by atoms with Crippen molar-refractivity contribution < 1.29 is 52.3 Å². The average Bonchev–Trinajstić information content (AvgIpc) is 3.52. The molecule has 2 amide bonds. The Labute approximate surface area is 219 Å². The molecule has 0 spiro atoms. The average molecular weight is 559 g/mol. The number of carbonyl (C=O) groups excluding carboxylic acids is 2. The molecule has 6 N–H and O–H groups in total. The number of fused-ring (bicyclic) bond motifs is 10. The molecule has 2 aliphatic heterocycles. The van der Waals surface area contributed by atoms with E-state index >= 15 is 0 Å². The van der Waals surface area contributed by atoms with E-state index < -0.39 is 72.3 Å². The van der Waals surface area contributed by atoms with Crippen molar-refractivity contribution in [3.8, 4) is 0 Å². The fraction of sp³-hybridized carbons (Fsp3) is 0.231. The molecule has 1 fully saturated rings. The predicted octanol–water partition coefficient (Wildman–Crippen LogP) is 1.84. The van der Waals surface area contributed by atoms with E-state index in [1.165, 1.54) is 0 Å². The summed E-state index contributed by atoms with van der Waals surface area (Å²) in [5.41, 5.74) is -0.706. The summed E-state index contributed by atoms with van der Waals surface area (Å²) in [5, 5.41) is 43.5. The van der Waals surface area contributed by atoms with Crippen LogP contribution in [0.4, 0.5) is 17.6 Å². The first-order valence-electron chi connectivity index (χ1n) is 12.0. The van der Waals surface area contributed by atoms with E-state index in [1.54, 1.807) is 0 Å². The van der Waals surface area contributed by atoms with Crippen molar-refractivity contribution in [1.82, 2.24) is 14.9 Å². The van der Waals surface area contributed by atoms with Crippen LogP contribution in [0.5, 0.6) is 0 Å². The van der Waals surface area contributed by atoms with E-state index in [-0.39, 0.29) is 54.7 Å². The zero-order valence-corrected chi connectivity index (χ0v) is 19.9. The number of aromatic nitrogens is 2. The van der Waals surface area contributed by atoms with E-state index in [0.717, 1.165) is 28.8 Å². The molecular weight excluding hydrogens is 542 g/mol. The van der Waals surface area contributed by atoms with Gasteiger partial charge in [-0.15, -0.1) is 0 Å². The van der Waals surface area contributed by atoms with Crippen molar-refractivity contribution in [3.63, 3.8) is 0 Å². The third-order valence-corrected chi connectivity index (χ3v) is 7.67. The Kier molecular flexibility index (Phi) is 5.12. The highest BCUT2D eigenvalue weighted by Crippen LogP contribution is 2.46. The number of nitrogens with zero attached hydrogens (tertiary/aromatic N) is 1. The predicted molar refractivity (Wildman–Crippen MR) is 129 cm³/mol. The zero-order valence-electron chi connectivity index (χ0n) is 19.9. The fourth-order valence-corrected chi connectivity index (χ4v) is 5.92. The lowest BCUT2D eigenvalue weighted by molar-refractivity contribution is -0.249. The molecular formula is C26H17F4N3O7. The second kappa shape index (κ2) is 8.22. The zero-order chi connectivity index (χ0) is 28.4. The lowest BCUT2D eigenvalue weighted by Crippen LogP contribution is -2.56. The number of aliphatic hydroxyl groups is 4. The molecule has 3 aromatic carbocycles. The van der Waals surface area contributed by atoms with Gasteiger partial charge in [-0.1, -0.05) is 0 Å². The van der Waals surface area contributed by atoms with Gasteiger partial charge in [0, 0.05) is 39.2 Å². The van der Waals surface area contributed by atoms with Crippen molar-refractivity contribution in [2.24, 2.45) is 0 Å². The van der Waals surface area contributed by atoms with Gasteiger partial charge in [-0.3, -0.25) is 14.9 Å². The summed E-state index contributed by atoms with van der Waals surface area (Å²) in [6, 6.07) is 3.18. The number of benzene rings is 3. The molecule has 2 aliphatic rings. The second-order valence-corrected chi connectivity index (χ2v) is 9.82. The van der Waals surface area contributed by atoms with E-state index in [0.29, 0.717) is 0 Å². The van der Waals surface area contributed by atoms with Crippen LogP contribution >= 0.6 is 0 Å². The van der Waals surface area contributed by atoms with Gasteiger partial charge < -0.3 is 34.7 Å². The Balaban J connectivity index is 1.74. The van der Waals surface area contributed by atoms with E-state index in [9.17, 15) is 47.6 Å². The fourth-order valence-electron chi connectivity index (χ4n) is 5.92. The highest BCUT2D eigenvalue weighted by Gasteiger charge is 2.46. The van der Waals surface area contributed by atoms with Crippen LogP contribution < -0.4 is 5.32 Å². The molecule has 5 atom stereocenters. The van der Waals surface area contributed by atoms with Gasteiger partial charge in [-0.2, -0.15) is 0 Å². The molecule has 5 unspecified atom stereocenters. The molecule has 2 aromatic heterocycles. The number of aliphatic hydroxyl groups excluding tert-OH is 4. The quantitative estimate of drug-likeness (QED) is 0.142. The molecule has 5 aromatic rings. The van der Waals surface area contributed by atoms with Crippen LogP contribution in [-0.2, 0) is 4.74 Å². The molecule has 0 bridgehead atoms. The minimum Gasteiger partial charge on any atom is -0.394 e. The first-order valence-corrected chi connectivity index (χ1v) is 12.0. The monoisotopic (exact) mass is 559 g/mol. The number of nitrogens with one attached hydrogen (secondary N) is 2. The molecule has 206 valence electrons. The SMILES string of the molecule is O=C1NC(=O)c2c1c1c3cc(F)c(F)cc3[nH]c1c1c2c2cc(F)c(F)cc2n1C1OC(CO)C(O)C(O)C1O. The number of hydrogen-bond acceptors (Lipinski definition) is 7. The number of aromatic amines is 1. The maximum absolute atomic E-state index is 14.6. The van der Waals surface area contributed by atoms with Crippen molar-refractivity contribution in [3.05, 3.63) is 58.7 Å². The maximum Gasteiger partial charge on any atom is 0.259 e. The molecule has 10 nitrogen and oxygen atoms in total. The standard InChI is InChI=1S/C26H17F4N3O7/c27-8-1-6-12(3-10(8)29)31-19-15(6)17-18(25(39)32-24(17)38)16-7-2-9(28)11(30)4-13(7)33(20(16)19)26-23(37)22(36)21(35)14(5-34)40-26/h1-4,14,21-23,26,31,34-37H,5H2,(H,32,38,39). The number of amides is 2. The highest BCUT2D eigenvalue weighted by atomic mass is 19.2. The molecule has 0 saturated carbocycles. The van der Waals surface area contributed by atoms with Gasteiger partial charge in [0.05, 0.1) is 34.3 Å². The molecule has 7 rings (SSSR count). The Hall–Kier alpha value is -4.08. The molecule has 0 aliphatic carbocycles. The van der Waals surface area contributed by atoms with Crippen LogP contribution in [0.2, 0.25) is 0 Å². The summed E-state index contributed by atoms with van der Waals surface area (Å²) in [6.07, 6.45) is -8.58. The summed E-state index contributed by atoms with van der Waals surface area (Å²) in [4.78, 5) is 29.0. The van der Waals surface area contributed by atoms with Crippen molar-refractivity contribution in [2.45, 2.75) is 30.6 Å². The minimum atomic E-state index is -1.90. The summed E-state index contributed by atoms with van der Waals surface area (Å²) >= 11 is 0. The number of H-pyrrole nitrogens is 1. The summed E-state index contributed by atoms with van der Waals surface area (Å²) in [7, 11) is 0. The molecule has 0 radical (unpaired) electrons. The van der Waals surface area contributed by atoms with E-state index in [1.807, 2.05) is 0 Å². The highest BCUT2D eigenvalue weighted by molar-refractivity contribution is 6.39. The summed E-state index contributed by atoms with van der Waals surface area (Å²) < 4.78 is 64.6. The van der Waals surface area contributed by atoms with Gasteiger partial charge in [-0.25, -0.2) is 17.6 Å². The second-order valence-electron chi connectivity index (χ2n) is 9.82. The molecule has 1 saturated heterocycles. The number of hydrogen-bond donors (Lipinski definition) is 6. The van der Waals surface area contributed by atoms with Gasteiger partial charge in [0.2, 0.25) is 0 Å². The normalized spacial score (nSPS) is 25.1. The lowest BCUT2D eigenvalue weighted by Gasteiger charge is -2.41. The van der Waals surface area contributed by atoms with Crippen molar-refractivity contribution >= 4 is 55.4 Å². The van der Waals surface area contributed by atoms with Crippen LogP contribution in [0.15, 0.2) is 24.3 Å². The van der Waals surface area contributed by atoms with Gasteiger partial charge in [0.1, 0.15) is 24.4 Å². The molecule has 4 heterocycles. The summed E-state index contributed by atoms with van der Waals surface area (Å²) in [5.74, 6) is -6.86. The number of carbonyl (C=O) groups is 2. The number of ether oxygens (including phenoxy) is 1. The minimum absolute atomic E-state index is 0.00687. The third-order valence-electron chi connectivity index (χ3n) is 7.67. The summed E-state index contributed by atoms with van der Waals surface area (Å²) in [6.45, 7) is -0.797. The Morgan fingerprint density at radius 3 is 2.08 bits per heavy atom. The number of imide groups is 1. The van der Waals surface area contributed by atoms with Crippen LogP contribution in [0.1, 0.15) is 26.9 Å². The van der Waals surface area contributed by atoms with Gasteiger partial charge >= 0.3 is 0 Å². The number of rotatable bonds is 2. The smallest absolute Gasteiger partial charge is 0.259 e. The van der Waals surface area contributed by atoms with Crippen LogP contribution in [0, 0.1) is 23.3 Å². The lowest BCUT2D eigenvalue weighted by atomic mass is 9.96. The number of halogens is 4. The molecule has 40 heavy (non-hydrogen) atoms. The van der Waals surface area contributed by atoms with Crippen LogP contribution in [-0.4, -0.2) is 72.8 Å². The van der Waals surface area contributed by atoms with Crippen molar-refractivity contribution in [2.75, 3.05) is 6.61 Å². The molecule has 14 heteroatoms. The van der Waals surface area contributed by atoms with Gasteiger partial charge in [0.25, 0.3) is 11.8 Å². The van der Waals surface area contributed by atoms with E-state index in [4.69, 9.17) is 4.74 Å². The van der Waals surface area contributed by atoms with Crippen molar-refractivity contribution in [1.29, 1.82) is 0 Å². The van der Waals surface area contributed by atoms with Crippen LogP contribution in [0.3, 0.4) is 0 Å². The topological polar surface area (TPSA) is 157 Å². The third kappa shape index (κ3) is 3.04. The first kappa shape index (κ1) is 24.9. The van der Waals surface area contributed by atoms with E-state index in [2.05, 4.69) is 10.3 Å². The maximum atomic E-state index is 14.6. The van der Waals surface area contributed by atoms with Gasteiger partial charge in [-0.05, 0) is 12.1 Å². The van der Waals surface area contributed by atoms with Gasteiger partial charge in [0.15, 0.2) is 29.5 Å². The van der Waals surface area contributed by atoms with Crippen LogP contribution in [0.25, 0.3) is 43.6 Å². The Morgan fingerprint density at radius 1 is 0.800 bits per heavy atom. The Bertz CT molecular complexity index is 1970.